The Balaban J connectivity index is 2.29. The van der Waals surface area contributed by atoms with Crippen molar-refractivity contribution < 1.29 is 9.53 Å². The van der Waals surface area contributed by atoms with E-state index in [1.54, 1.807) is 6.92 Å². The number of nitrogens with zero attached hydrogens (tertiary/aromatic N) is 1. The number of amides is 1. The molecule has 4 heteroatoms. The molecule has 1 amide bonds. The van der Waals surface area contributed by atoms with Crippen LogP contribution in [0, 0.1) is 13.8 Å². The summed E-state index contributed by atoms with van der Waals surface area (Å²) < 4.78 is 4.98. The highest BCUT2D eigenvalue weighted by Crippen LogP contribution is 2.32. The molecular formula is C18H18N2O2. The van der Waals surface area contributed by atoms with Crippen LogP contribution in [0.4, 0.5) is 10.5 Å². The Morgan fingerprint density at radius 1 is 1.23 bits per heavy atom. The lowest BCUT2D eigenvalue weighted by atomic mass is 10.0. The minimum Gasteiger partial charge on any atom is -0.450 e. The standard InChI is InChI=1S/C18H18N2O2/c1-4-22-18(21)20-15-7-5-6-13-8-9-14-11(2)10-12(3)19-17(14)16(13)15/h5-10H,4H2,1-3H3,(H,20,21). The number of anilines is 1. The van der Waals surface area contributed by atoms with Crippen LogP contribution >= 0.6 is 0 Å². The lowest BCUT2D eigenvalue weighted by Gasteiger charge is -2.12. The summed E-state index contributed by atoms with van der Waals surface area (Å²) in [4.78, 5) is 16.5. The molecule has 0 radical (unpaired) electrons. The maximum Gasteiger partial charge on any atom is 0.411 e. The van der Waals surface area contributed by atoms with Crippen molar-refractivity contribution in [2.75, 3.05) is 11.9 Å². The van der Waals surface area contributed by atoms with Crippen LogP contribution in [0.3, 0.4) is 0 Å². The van der Waals surface area contributed by atoms with E-state index >= 15 is 0 Å². The molecule has 3 rings (SSSR count). The van der Waals surface area contributed by atoms with E-state index in [1.807, 2.05) is 25.1 Å². The van der Waals surface area contributed by atoms with Gasteiger partial charge in [0.25, 0.3) is 0 Å². The monoisotopic (exact) mass is 294 g/mol. The van der Waals surface area contributed by atoms with E-state index in [0.717, 1.165) is 33.1 Å². The Bertz CT molecular complexity index is 872. The Labute approximate surface area is 129 Å². The highest BCUT2D eigenvalue weighted by atomic mass is 16.5. The van der Waals surface area contributed by atoms with Crippen molar-refractivity contribution in [1.82, 2.24) is 4.98 Å². The van der Waals surface area contributed by atoms with Gasteiger partial charge in [-0.05, 0) is 43.9 Å². The summed E-state index contributed by atoms with van der Waals surface area (Å²) in [5.74, 6) is 0. The average molecular weight is 294 g/mol. The molecule has 0 bridgehead atoms. The zero-order valence-electron chi connectivity index (χ0n) is 12.9. The van der Waals surface area contributed by atoms with Crippen LogP contribution in [0.1, 0.15) is 18.2 Å². The average Bonchev–Trinajstić information content (AvgIpc) is 2.47. The fourth-order valence-electron chi connectivity index (χ4n) is 2.78. The molecule has 22 heavy (non-hydrogen) atoms. The fourth-order valence-corrected chi connectivity index (χ4v) is 2.78. The van der Waals surface area contributed by atoms with Gasteiger partial charge in [-0.1, -0.05) is 24.3 Å². The number of hydrogen-bond acceptors (Lipinski definition) is 3. The second-order valence-corrected chi connectivity index (χ2v) is 5.29. The number of pyridine rings is 1. The summed E-state index contributed by atoms with van der Waals surface area (Å²) in [5.41, 5.74) is 3.76. The number of benzene rings is 2. The third-order valence-corrected chi connectivity index (χ3v) is 3.67. The molecule has 1 aromatic heterocycles. The number of ether oxygens (including phenoxy) is 1. The molecule has 0 spiro atoms. The van der Waals surface area contributed by atoms with Crippen molar-refractivity contribution >= 4 is 33.5 Å². The minimum atomic E-state index is -0.448. The summed E-state index contributed by atoms with van der Waals surface area (Å²) in [6.45, 7) is 6.18. The van der Waals surface area contributed by atoms with E-state index in [4.69, 9.17) is 4.74 Å². The van der Waals surface area contributed by atoms with Crippen molar-refractivity contribution in [3.8, 4) is 0 Å². The summed E-state index contributed by atoms with van der Waals surface area (Å²) in [7, 11) is 0. The number of nitrogens with one attached hydrogen (secondary N) is 1. The highest BCUT2D eigenvalue weighted by molar-refractivity contribution is 6.14. The van der Waals surface area contributed by atoms with Gasteiger partial charge in [0, 0.05) is 16.5 Å². The van der Waals surface area contributed by atoms with Gasteiger partial charge in [0.15, 0.2) is 0 Å². The van der Waals surface area contributed by atoms with Crippen LogP contribution < -0.4 is 5.32 Å². The summed E-state index contributed by atoms with van der Waals surface area (Å²) in [6.07, 6.45) is -0.448. The van der Waals surface area contributed by atoms with Gasteiger partial charge in [0.2, 0.25) is 0 Å². The number of rotatable bonds is 2. The Morgan fingerprint density at radius 2 is 2.05 bits per heavy atom. The van der Waals surface area contributed by atoms with E-state index in [9.17, 15) is 4.79 Å². The molecule has 1 N–H and O–H groups in total. The number of aryl methyl sites for hydroxylation is 2. The largest absolute Gasteiger partial charge is 0.450 e. The van der Waals surface area contributed by atoms with Gasteiger partial charge in [0.1, 0.15) is 0 Å². The predicted molar refractivity (Wildman–Crippen MR) is 89.4 cm³/mol. The lowest BCUT2D eigenvalue weighted by molar-refractivity contribution is 0.168. The van der Waals surface area contributed by atoms with Crippen molar-refractivity contribution in [3.63, 3.8) is 0 Å². The molecule has 2 aromatic carbocycles. The summed E-state index contributed by atoms with van der Waals surface area (Å²) in [6, 6.07) is 12.0. The van der Waals surface area contributed by atoms with Crippen molar-refractivity contribution in [2.45, 2.75) is 20.8 Å². The molecule has 1 heterocycles. The van der Waals surface area contributed by atoms with E-state index in [0.29, 0.717) is 6.61 Å². The smallest absolute Gasteiger partial charge is 0.411 e. The summed E-state index contributed by atoms with van der Waals surface area (Å²) >= 11 is 0. The second-order valence-electron chi connectivity index (χ2n) is 5.29. The van der Waals surface area contributed by atoms with Gasteiger partial charge in [-0.15, -0.1) is 0 Å². The number of fused-ring (bicyclic) bond motifs is 3. The molecule has 0 aliphatic rings. The van der Waals surface area contributed by atoms with Crippen molar-refractivity contribution in [1.29, 1.82) is 0 Å². The first-order valence-corrected chi connectivity index (χ1v) is 7.33. The summed E-state index contributed by atoms with van der Waals surface area (Å²) in [5, 5.41) is 5.89. The zero-order valence-corrected chi connectivity index (χ0v) is 12.9. The van der Waals surface area contributed by atoms with Crippen LogP contribution in [0.2, 0.25) is 0 Å². The number of hydrogen-bond donors (Lipinski definition) is 1. The molecule has 0 atom stereocenters. The Hall–Kier alpha value is -2.62. The van der Waals surface area contributed by atoms with Crippen LogP contribution in [-0.4, -0.2) is 17.7 Å². The SMILES string of the molecule is CCOC(=O)Nc1cccc2ccc3c(C)cc(C)nc3c12. The molecular weight excluding hydrogens is 276 g/mol. The molecule has 0 aliphatic carbocycles. The van der Waals surface area contributed by atoms with Crippen molar-refractivity contribution in [3.05, 3.63) is 47.7 Å². The van der Waals surface area contributed by atoms with Gasteiger partial charge in [-0.3, -0.25) is 10.3 Å². The Kier molecular flexibility index (Phi) is 3.67. The third-order valence-electron chi connectivity index (χ3n) is 3.67. The van der Waals surface area contributed by atoms with E-state index in [1.165, 1.54) is 5.56 Å². The van der Waals surface area contributed by atoms with Gasteiger partial charge < -0.3 is 4.74 Å². The first kappa shape index (κ1) is 14.3. The molecule has 4 nitrogen and oxygen atoms in total. The van der Waals surface area contributed by atoms with E-state index in [2.05, 4.69) is 35.4 Å². The third kappa shape index (κ3) is 2.48. The van der Waals surface area contributed by atoms with Gasteiger partial charge in [0.05, 0.1) is 17.8 Å². The van der Waals surface area contributed by atoms with Crippen LogP contribution in [0.15, 0.2) is 36.4 Å². The molecule has 0 saturated carbocycles. The van der Waals surface area contributed by atoms with Gasteiger partial charge >= 0.3 is 6.09 Å². The number of carbonyl (C=O) groups is 1. The number of carbonyl (C=O) groups excluding carboxylic acids is 1. The van der Waals surface area contributed by atoms with Gasteiger partial charge in [-0.25, -0.2) is 4.79 Å². The Morgan fingerprint density at radius 3 is 2.82 bits per heavy atom. The molecule has 0 unspecified atom stereocenters. The normalized spacial score (nSPS) is 10.9. The zero-order chi connectivity index (χ0) is 15.7. The topological polar surface area (TPSA) is 51.2 Å². The van der Waals surface area contributed by atoms with E-state index < -0.39 is 6.09 Å². The van der Waals surface area contributed by atoms with Crippen LogP contribution in [-0.2, 0) is 4.74 Å². The fraction of sp³-hybridized carbons (Fsp3) is 0.222. The number of aromatic nitrogens is 1. The lowest BCUT2D eigenvalue weighted by Crippen LogP contribution is -2.13. The maximum atomic E-state index is 11.8. The van der Waals surface area contributed by atoms with Crippen LogP contribution in [0.25, 0.3) is 21.7 Å². The van der Waals surface area contributed by atoms with Crippen molar-refractivity contribution in [2.24, 2.45) is 0 Å². The maximum absolute atomic E-state index is 11.8. The van der Waals surface area contributed by atoms with Gasteiger partial charge in [-0.2, -0.15) is 0 Å². The highest BCUT2D eigenvalue weighted by Gasteiger charge is 2.11. The van der Waals surface area contributed by atoms with Crippen LogP contribution in [0.5, 0.6) is 0 Å². The van der Waals surface area contributed by atoms with E-state index in [-0.39, 0.29) is 0 Å². The molecule has 0 saturated heterocycles. The second kappa shape index (κ2) is 5.64. The first-order chi connectivity index (χ1) is 10.6. The quantitative estimate of drug-likeness (QED) is 0.704. The molecule has 3 aromatic rings. The molecule has 0 aliphatic heterocycles. The predicted octanol–water partition coefficient (Wildman–Crippen LogP) is 4.57. The molecule has 112 valence electrons. The minimum absolute atomic E-state index is 0.341. The molecule has 0 fully saturated rings. The first-order valence-electron chi connectivity index (χ1n) is 7.33.